The number of benzene rings is 2. The molecule has 0 aliphatic carbocycles. The minimum Gasteiger partial charge on any atom is -0.493 e. The Labute approximate surface area is 165 Å². The topological polar surface area (TPSA) is 70.4 Å². The summed E-state index contributed by atoms with van der Waals surface area (Å²) in [6.07, 6.45) is 2.76. The Balaban J connectivity index is 1.83. The van der Waals surface area contributed by atoms with Crippen LogP contribution in [0.4, 0.5) is 0 Å². The maximum atomic E-state index is 10.6. The fourth-order valence-electron chi connectivity index (χ4n) is 2.84. The Hall–Kier alpha value is -2.33. The number of ether oxygens (including phenoxy) is 1. The van der Waals surface area contributed by atoms with Crippen molar-refractivity contribution in [3.05, 3.63) is 64.7 Å². The van der Waals surface area contributed by atoms with Gasteiger partial charge in [0.05, 0.1) is 6.61 Å². The minimum atomic E-state index is -0.814. The molecule has 0 radical (unpaired) electrons. The van der Waals surface area contributed by atoms with Crippen LogP contribution in [-0.4, -0.2) is 23.4 Å². The summed E-state index contributed by atoms with van der Waals surface area (Å²) >= 11 is 5.91. The first-order chi connectivity index (χ1) is 13.0. The average Bonchev–Trinajstić information content (AvgIpc) is 2.65. The molecule has 0 aromatic heterocycles. The molecule has 2 aromatic rings. The van der Waals surface area contributed by atoms with E-state index in [9.17, 15) is 4.79 Å². The van der Waals surface area contributed by atoms with Gasteiger partial charge in [-0.3, -0.25) is 4.79 Å². The molecule has 0 spiro atoms. The zero-order valence-electron chi connectivity index (χ0n) is 15.6. The Morgan fingerprint density at radius 3 is 2.22 bits per heavy atom. The average molecular weight is 388 g/mol. The van der Waals surface area contributed by atoms with E-state index in [1.54, 1.807) is 0 Å². The van der Waals surface area contributed by atoms with E-state index in [0.717, 1.165) is 23.6 Å². The first kappa shape index (κ1) is 21.0. The molecule has 0 aliphatic rings. The molecule has 1 atom stereocenters. The first-order valence-electron chi connectivity index (χ1n) is 9.23. The summed E-state index contributed by atoms with van der Waals surface area (Å²) in [7, 11) is 0. The smallest absolute Gasteiger partial charge is 0.303 e. The van der Waals surface area contributed by atoms with Gasteiger partial charge in [-0.05, 0) is 61.1 Å². The molecule has 2 N–H and O–H groups in total. The maximum absolute atomic E-state index is 10.6. The fourth-order valence-corrected chi connectivity index (χ4v) is 2.96. The van der Waals surface area contributed by atoms with Crippen LogP contribution in [0.25, 0.3) is 0 Å². The first-order valence-corrected chi connectivity index (χ1v) is 9.61. The molecule has 4 nitrogen and oxygen atoms in total. The van der Waals surface area contributed by atoms with Crippen molar-refractivity contribution in [2.24, 2.45) is 5.92 Å². The van der Waals surface area contributed by atoms with Crippen LogP contribution >= 0.6 is 11.6 Å². The summed E-state index contributed by atoms with van der Waals surface area (Å²) in [4.78, 5) is 10.6. The normalized spacial score (nSPS) is 11.8. The maximum Gasteiger partial charge on any atom is 0.303 e. The second-order valence-corrected chi connectivity index (χ2v) is 7.07. The number of carbonyl (C=O) groups is 1. The van der Waals surface area contributed by atoms with Gasteiger partial charge in [0.15, 0.2) is 0 Å². The van der Waals surface area contributed by atoms with Crippen molar-refractivity contribution in [1.29, 1.82) is 5.41 Å². The van der Waals surface area contributed by atoms with Crippen LogP contribution in [0.1, 0.15) is 43.7 Å². The lowest BCUT2D eigenvalue weighted by molar-refractivity contribution is -0.137. The third-order valence-electron chi connectivity index (χ3n) is 4.52. The molecule has 5 heteroatoms. The summed E-state index contributed by atoms with van der Waals surface area (Å²) in [6.45, 7) is 2.47. The van der Waals surface area contributed by atoms with Gasteiger partial charge in [0, 0.05) is 23.1 Å². The van der Waals surface area contributed by atoms with Gasteiger partial charge < -0.3 is 15.3 Å². The zero-order chi connectivity index (χ0) is 19.6. The van der Waals surface area contributed by atoms with Gasteiger partial charge in [-0.2, -0.15) is 0 Å². The molecule has 2 aromatic carbocycles. The number of carboxylic acid groups (broad SMARTS) is 1. The number of nitrogens with one attached hydrogen (secondary N) is 1. The number of hydrogen-bond donors (Lipinski definition) is 2. The van der Waals surface area contributed by atoms with Crippen molar-refractivity contribution in [3.8, 4) is 5.75 Å². The molecule has 0 aliphatic heterocycles. The van der Waals surface area contributed by atoms with Crippen LogP contribution in [-0.2, 0) is 11.2 Å². The summed E-state index contributed by atoms with van der Waals surface area (Å²) < 4.78 is 5.85. The van der Waals surface area contributed by atoms with E-state index >= 15 is 0 Å². The highest BCUT2D eigenvalue weighted by Crippen LogP contribution is 2.19. The van der Waals surface area contributed by atoms with E-state index < -0.39 is 5.97 Å². The molecule has 0 unspecified atom stereocenters. The van der Waals surface area contributed by atoms with Crippen LogP contribution in [0.5, 0.6) is 5.75 Å². The molecule has 0 saturated heterocycles. The van der Waals surface area contributed by atoms with Gasteiger partial charge >= 0.3 is 5.97 Å². The highest BCUT2D eigenvalue weighted by molar-refractivity contribution is 6.30. The van der Waals surface area contributed by atoms with Crippen LogP contribution in [0.2, 0.25) is 5.02 Å². The van der Waals surface area contributed by atoms with E-state index in [1.165, 1.54) is 11.1 Å². The second kappa shape index (κ2) is 10.7. The summed E-state index contributed by atoms with van der Waals surface area (Å²) in [5.41, 5.74) is 2.96. The predicted octanol–water partition coefficient (Wildman–Crippen LogP) is 5.61. The van der Waals surface area contributed by atoms with Gasteiger partial charge in [0.25, 0.3) is 0 Å². The van der Waals surface area contributed by atoms with Crippen molar-refractivity contribution in [1.82, 2.24) is 0 Å². The Bertz CT molecular complexity index is 741. The Morgan fingerprint density at radius 2 is 1.67 bits per heavy atom. The van der Waals surface area contributed by atoms with Crippen molar-refractivity contribution < 1.29 is 14.6 Å². The standard InChI is InChI=1S/C22H26ClNO3/c1-2-18(21(24)4-3-5-22(25)26)15-27-20-12-8-17(9-13-20)14-16-6-10-19(23)11-7-16/h6-13,18,24H,2-5,14-15H2,1H3,(H,25,26)/t18-/m0/s1. The SMILES string of the molecule is CC[C@@H](COc1ccc(Cc2ccc(Cl)cc2)cc1)C(=N)CCCC(=O)O. The molecule has 0 amide bonds. The lowest BCUT2D eigenvalue weighted by Crippen LogP contribution is -2.21. The molecule has 2 rings (SSSR count). The van der Waals surface area contributed by atoms with Crippen molar-refractivity contribution in [2.45, 2.75) is 39.0 Å². The van der Waals surface area contributed by atoms with Gasteiger partial charge in [0.2, 0.25) is 0 Å². The molecular formula is C22H26ClNO3. The number of rotatable bonds is 11. The second-order valence-electron chi connectivity index (χ2n) is 6.64. The van der Waals surface area contributed by atoms with E-state index in [-0.39, 0.29) is 12.3 Å². The number of carboxylic acids is 1. The highest BCUT2D eigenvalue weighted by atomic mass is 35.5. The zero-order valence-corrected chi connectivity index (χ0v) is 16.3. The monoisotopic (exact) mass is 387 g/mol. The van der Waals surface area contributed by atoms with Gasteiger partial charge in [-0.1, -0.05) is 42.8 Å². The molecule has 0 bridgehead atoms. The van der Waals surface area contributed by atoms with Gasteiger partial charge in [-0.25, -0.2) is 0 Å². The molecule has 0 heterocycles. The number of halogens is 1. The van der Waals surface area contributed by atoms with Crippen LogP contribution < -0.4 is 4.74 Å². The third-order valence-corrected chi connectivity index (χ3v) is 4.77. The summed E-state index contributed by atoms with van der Waals surface area (Å²) in [5, 5.41) is 17.6. The van der Waals surface area contributed by atoms with Crippen molar-refractivity contribution in [2.75, 3.05) is 6.61 Å². The molecule has 0 saturated carbocycles. The Morgan fingerprint density at radius 1 is 1.07 bits per heavy atom. The van der Waals surface area contributed by atoms with E-state index in [1.807, 2.05) is 55.5 Å². The summed E-state index contributed by atoms with van der Waals surface area (Å²) in [6, 6.07) is 15.8. The van der Waals surface area contributed by atoms with Gasteiger partial charge in [0.1, 0.15) is 5.75 Å². The molecule has 0 fully saturated rings. The van der Waals surface area contributed by atoms with Gasteiger partial charge in [-0.15, -0.1) is 0 Å². The van der Waals surface area contributed by atoms with Crippen molar-refractivity contribution >= 4 is 23.3 Å². The molecule has 144 valence electrons. The van der Waals surface area contributed by atoms with E-state index in [4.69, 9.17) is 26.9 Å². The lowest BCUT2D eigenvalue weighted by atomic mass is 9.97. The summed E-state index contributed by atoms with van der Waals surface area (Å²) in [5.74, 6) is -0.00929. The van der Waals surface area contributed by atoms with Crippen molar-refractivity contribution in [3.63, 3.8) is 0 Å². The predicted molar refractivity (Wildman–Crippen MR) is 109 cm³/mol. The van der Waals surface area contributed by atoms with Crippen LogP contribution in [0, 0.1) is 11.3 Å². The quantitative estimate of drug-likeness (QED) is 0.492. The molecular weight excluding hydrogens is 362 g/mol. The Kier molecular flexibility index (Phi) is 8.34. The minimum absolute atomic E-state index is 0.0209. The largest absolute Gasteiger partial charge is 0.493 e. The van der Waals surface area contributed by atoms with Crippen LogP contribution in [0.15, 0.2) is 48.5 Å². The number of hydrogen-bond acceptors (Lipinski definition) is 3. The fraction of sp³-hybridized carbons (Fsp3) is 0.364. The third kappa shape index (κ3) is 7.43. The molecule has 27 heavy (non-hydrogen) atoms. The van der Waals surface area contributed by atoms with Crippen LogP contribution in [0.3, 0.4) is 0 Å². The highest BCUT2D eigenvalue weighted by Gasteiger charge is 2.14. The lowest BCUT2D eigenvalue weighted by Gasteiger charge is -2.17. The van der Waals surface area contributed by atoms with E-state index in [0.29, 0.717) is 25.2 Å². The van der Waals surface area contributed by atoms with E-state index in [2.05, 4.69) is 0 Å². The number of aliphatic carboxylic acids is 1.